The van der Waals surface area contributed by atoms with Crippen LogP contribution >= 0.6 is 23.1 Å². The smallest absolute Gasteiger partial charge is 0.278 e. The normalized spacial score (nSPS) is 23.8. The number of nitrogens with one attached hydrogen (secondary N) is 2. The average molecular weight is 516 g/mol. The van der Waals surface area contributed by atoms with Gasteiger partial charge < -0.3 is 19.8 Å². The van der Waals surface area contributed by atoms with Crippen LogP contribution in [0.2, 0.25) is 0 Å². The van der Waals surface area contributed by atoms with Gasteiger partial charge in [0.15, 0.2) is 17.5 Å². The molecule has 0 saturated carbocycles. The van der Waals surface area contributed by atoms with E-state index in [2.05, 4.69) is 20.6 Å². The van der Waals surface area contributed by atoms with Gasteiger partial charge in [-0.05, 0) is 25.5 Å². The molecule has 0 aliphatic carbocycles. The molecule has 3 atom stereocenters. The van der Waals surface area contributed by atoms with E-state index in [9.17, 15) is 14.0 Å². The van der Waals surface area contributed by atoms with E-state index in [-0.39, 0.29) is 29.5 Å². The summed E-state index contributed by atoms with van der Waals surface area (Å²) in [6.45, 7) is 1.45. The quantitative estimate of drug-likeness (QED) is 0.527. The summed E-state index contributed by atoms with van der Waals surface area (Å²) in [4.78, 5) is 38.6. The third kappa shape index (κ3) is 4.86. The molecule has 1 fully saturated rings. The Morgan fingerprint density at radius 3 is 2.80 bits per heavy atom. The van der Waals surface area contributed by atoms with Crippen molar-refractivity contribution in [1.82, 2.24) is 15.3 Å². The van der Waals surface area contributed by atoms with Crippen molar-refractivity contribution < 1.29 is 23.1 Å². The van der Waals surface area contributed by atoms with E-state index in [0.29, 0.717) is 28.2 Å². The summed E-state index contributed by atoms with van der Waals surface area (Å²) < 4.78 is 23.6. The maximum Gasteiger partial charge on any atom is 0.278 e. The Morgan fingerprint density at radius 1 is 1.20 bits per heavy atom. The van der Waals surface area contributed by atoms with Gasteiger partial charge in [-0.2, -0.15) is 0 Å². The summed E-state index contributed by atoms with van der Waals surface area (Å²) in [6.07, 6.45) is 1.98. The van der Waals surface area contributed by atoms with Crippen LogP contribution in [0.5, 0.6) is 0 Å². The van der Waals surface area contributed by atoms with Crippen LogP contribution in [0, 0.1) is 5.92 Å². The summed E-state index contributed by atoms with van der Waals surface area (Å²) in [5.74, 6) is 0.270. The Bertz CT molecular complexity index is 1260. The number of anilines is 1. The van der Waals surface area contributed by atoms with Gasteiger partial charge in [0.2, 0.25) is 5.89 Å². The molecule has 0 radical (unpaired) electrons. The lowest BCUT2D eigenvalue weighted by Gasteiger charge is -2.44. The number of alkyl halides is 1. The number of ether oxygens (including phenoxy) is 1. The molecular weight excluding hydrogens is 493 g/mol. The van der Waals surface area contributed by atoms with E-state index in [1.165, 1.54) is 23.1 Å². The van der Waals surface area contributed by atoms with Crippen LogP contribution in [0.3, 0.4) is 0 Å². The largest absolute Gasteiger partial charge is 0.445 e. The lowest BCUT2D eigenvalue weighted by Crippen LogP contribution is -2.50. The van der Waals surface area contributed by atoms with E-state index >= 15 is 0 Å². The molecule has 2 amide bonds. The van der Waals surface area contributed by atoms with Crippen molar-refractivity contribution in [1.29, 1.82) is 0 Å². The number of fused-ring (bicyclic) bond motifs is 1. The summed E-state index contributed by atoms with van der Waals surface area (Å²) in [7, 11) is 0. The number of thioether (sulfide) groups is 1. The molecule has 12 heteroatoms. The van der Waals surface area contributed by atoms with Crippen LogP contribution in [0.15, 0.2) is 51.4 Å². The number of hydrogen-bond donors (Lipinski definition) is 2. The van der Waals surface area contributed by atoms with E-state index in [4.69, 9.17) is 14.1 Å². The lowest BCUT2D eigenvalue weighted by molar-refractivity contribution is -0.0466. The van der Waals surface area contributed by atoms with Crippen LogP contribution in [0.4, 0.5) is 10.2 Å². The fourth-order valence-electron chi connectivity index (χ4n) is 4.07. The molecule has 35 heavy (non-hydrogen) atoms. The molecule has 0 bridgehead atoms. The minimum atomic E-state index is -0.893. The van der Waals surface area contributed by atoms with Crippen molar-refractivity contribution in [2.24, 2.45) is 10.9 Å². The molecule has 9 nitrogen and oxygen atoms in total. The number of carbonyl (C=O) groups excluding carboxylic acids is 2. The van der Waals surface area contributed by atoms with Gasteiger partial charge in [-0.1, -0.05) is 30.0 Å². The molecule has 2 N–H and O–H groups in total. The zero-order valence-corrected chi connectivity index (χ0v) is 20.3. The number of oxazole rings is 1. The molecule has 4 heterocycles. The van der Waals surface area contributed by atoms with Crippen LogP contribution in [-0.4, -0.2) is 45.4 Å². The van der Waals surface area contributed by atoms with Gasteiger partial charge in [0, 0.05) is 22.6 Å². The highest BCUT2D eigenvalue weighted by molar-refractivity contribution is 8.13. The van der Waals surface area contributed by atoms with Gasteiger partial charge in [-0.25, -0.2) is 19.4 Å². The first-order valence-electron chi connectivity index (χ1n) is 10.9. The zero-order valence-electron chi connectivity index (χ0n) is 18.7. The van der Waals surface area contributed by atoms with Crippen molar-refractivity contribution in [2.75, 3.05) is 17.7 Å². The number of halogens is 1. The lowest BCUT2D eigenvalue weighted by atomic mass is 9.80. The van der Waals surface area contributed by atoms with Gasteiger partial charge in [0.25, 0.3) is 11.8 Å². The molecule has 3 aromatic rings. The third-order valence-electron chi connectivity index (χ3n) is 5.87. The highest BCUT2D eigenvalue weighted by Crippen LogP contribution is 2.47. The predicted octanol–water partition coefficient (Wildman–Crippen LogP) is 4.01. The van der Waals surface area contributed by atoms with Crippen LogP contribution in [0.25, 0.3) is 0 Å². The Morgan fingerprint density at radius 2 is 2.03 bits per heavy atom. The Balaban J connectivity index is 1.40. The highest BCUT2D eigenvalue weighted by Gasteiger charge is 2.49. The molecule has 5 rings (SSSR count). The summed E-state index contributed by atoms with van der Waals surface area (Å²) >= 11 is 2.87. The number of hydrogen-bond acceptors (Lipinski definition) is 9. The number of amides is 2. The van der Waals surface area contributed by atoms with E-state index in [1.807, 2.05) is 25.1 Å². The van der Waals surface area contributed by atoms with Gasteiger partial charge in [0.1, 0.15) is 22.6 Å². The standard InChI is InChI=1S/C23H22FN5O4S2/c1-13-7-15-10-35-22(28-19(30)14-5-3-2-4-6-14)29-23(15,12-33-13)21-27-17(11-34-21)26-20(31)16-9-32-18(8-24)25-16/h2-6,9,11,13,15H,7-8,10,12H2,1H3,(H,26,31)(H,28,29,30). The number of nitrogens with zero attached hydrogens (tertiary/aromatic N) is 3. The zero-order chi connectivity index (χ0) is 24.4. The van der Waals surface area contributed by atoms with Gasteiger partial charge >= 0.3 is 0 Å². The number of thiazole rings is 1. The van der Waals surface area contributed by atoms with E-state index in [0.717, 1.165) is 18.4 Å². The maximum atomic E-state index is 12.7. The van der Waals surface area contributed by atoms with Crippen molar-refractivity contribution in [3.8, 4) is 0 Å². The monoisotopic (exact) mass is 515 g/mol. The minimum absolute atomic E-state index is 0.0314. The first-order chi connectivity index (χ1) is 17.0. The van der Waals surface area contributed by atoms with Gasteiger partial charge in [-0.3, -0.25) is 9.59 Å². The molecule has 2 aliphatic heterocycles. The average Bonchev–Trinajstić information content (AvgIpc) is 3.55. The van der Waals surface area contributed by atoms with Crippen molar-refractivity contribution >= 4 is 45.9 Å². The number of carbonyl (C=O) groups is 2. The number of aromatic nitrogens is 2. The Labute approximate surface area is 208 Å². The fourth-order valence-corrected chi connectivity index (χ4v) is 6.19. The molecule has 182 valence electrons. The number of aliphatic imine (C=N–C) groups is 1. The highest BCUT2D eigenvalue weighted by atomic mass is 32.2. The Hall–Kier alpha value is -3.09. The minimum Gasteiger partial charge on any atom is -0.445 e. The van der Waals surface area contributed by atoms with Crippen LogP contribution in [0.1, 0.15) is 45.1 Å². The molecule has 2 aromatic heterocycles. The van der Waals surface area contributed by atoms with E-state index < -0.39 is 18.1 Å². The predicted molar refractivity (Wildman–Crippen MR) is 130 cm³/mol. The molecule has 1 aromatic carbocycles. The second kappa shape index (κ2) is 9.88. The SMILES string of the molecule is CC1CC2CSC(NC(=O)c3ccccc3)=NC2(c2nc(NC(=O)c3coc(CF)n3)cs2)CO1. The van der Waals surface area contributed by atoms with E-state index in [1.54, 1.807) is 17.5 Å². The van der Waals surface area contributed by atoms with Crippen LogP contribution in [-0.2, 0) is 17.0 Å². The fraction of sp³-hybridized carbons (Fsp3) is 0.348. The van der Waals surface area contributed by atoms with Crippen molar-refractivity contribution in [2.45, 2.75) is 31.7 Å². The van der Waals surface area contributed by atoms with Crippen LogP contribution < -0.4 is 10.6 Å². The van der Waals surface area contributed by atoms with Crippen molar-refractivity contribution in [3.63, 3.8) is 0 Å². The molecule has 0 spiro atoms. The molecule has 1 saturated heterocycles. The molecule has 2 aliphatic rings. The molecule has 3 unspecified atom stereocenters. The Kier molecular flexibility index (Phi) is 6.67. The number of benzene rings is 1. The maximum absolute atomic E-state index is 12.7. The summed E-state index contributed by atoms with van der Waals surface area (Å²) in [5, 5.41) is 8.50. The number of rotatable bonds is 5. The summed E-state index contributed by atoms with van der Waals surface area (Å²) in [6, 6.07) is 8.96. The second-order valence-corrected chi connectivity index (χ2v) is 10.1. The molecular formula is C23H22FN5O4S2. The number of amidine groups is 1. The van der Waals surface area contributed by atoms with Gasteiger partial charge in [0.05, 0.1) is 12.7 Å². The topological polar surface area (TPSA) is 119 Å². The first-order valence-corrected chi connectivity index (χ1v) is 12.8. The summed E-state index contributed by atoms with van der Waals surface area (Å²) in [5.41, 5.74) is -0.264. The third-order valence-corrected chi connectivity index (χ3v) is 7.92. The first kappa shape index (κ1) is 23.6. The van der Waals surface area contributed by atoms with Gasteiger partial charge in [-0.15, -0.1) is 11.3 Å². The van der Waals surface area contributed by atoms with Crippen molar-refractivity contribution in [3.05, 3.63) is 64.1 Å². The second-order valence-electron chi connectivity index (χ2n) is 8.28.